The molecule has 1 unspecified atom stereocenters. The fraction of sp³-hybridized carbons (Fsp3) is 0.514. The third-order valence-corrected chi connectivity index (χ3v) is 9.21. The second-order valence-electron chi connectivity index (χ2n) is 12.9. The number of carbonyl (C=O) groups excluding carboxylic acids is 4. The van der Waals surface area contributed by atoms with Crippen molar-refractivity contribution in [3.05, 3.63) is 46.5 Å². The van der Waals surface area contributed by atoms with E-state index in [9.17, 15) is 29.4 Å². The second kappa shape index (κ2) is 17.7. The molecule has 0 bridgehead atoms. The average Bonchev–Trinajstić information content (AvgIpc) is 3.07. The molecule has 1 saturated heterocycles. The van der Waals surface area contributed by atoms with E-state index in [4.69, 9.17) is 24.7 Å². The van der Waals surface area contributed by atoms with E-state index in [1.54, 1.807) is 31.2 Å². The number of cyclic esters (lactones) is 1. The van der Waals surface area contributed by atoms with E-state index in [1.165, 1.54) is 27.4 Å². The van der Waals surface area contributed by atoms with Gasteiger partial charge in [-0.3, -0.25) is 19.3 Å². The van der Waals surface area contributed by atoms with Gasteiger partial charge in [-0.25, -0.2) is 4.79 Å². The minimum atomic E-state index is -0.989. The number of carbonyl (C=O) groups is 4. The van der Waals surface area contributed by atoms with Crippen molar-refractivity contribution < 1.29 is 48.3 Å². The number of Topliss-reactive ketones (excluding diaryl/α,β-unsaturated/α-hetero) is 1. The van der Waals surface area contributed by atoms with Crippen LogP contribution in [0.4, 0.5) is 0 Å². The van der Waals surface area contributed by atoms with Crippen LogP contribution >= 0.6 is 0 Å². The molecule has 2 atom stereocenters. The topological polar surface area (TPSA) is 187 Å². The summed E-state index contributed by atoms with van der Waals surface area (Å²) in [5, 5.41) is 26.6. The fourth-order valence-electron chi connectivity index (χ4n) is 6.64. The lowest BCUT2D eigenvalue weighted by Gasteiger charge is -2.32. The lowest BCUT2D eigenvalue weighted by Crippen LogP contribution is -2.46. The van der Waals surface area contributed by atoms with Crippen molar-refractivity contribution in [1.29, 1.82) is 0 Å². The third kappa shape index (κ3) is 9.68. The van der Waals surface area contributed by atoms with Gasteiger partial charge in [-0.2, -0.15) is 0 Å². The number of nitrogens with zero attached hydrogens (tertiary/aromatic N) is 1. The van der Waals surface area contributed by atoms with Gasteiger partial charge in [-0.1, -0.05) is 12.2 Å². The summed E-state index contributed by atoms with van der Waals surface area (Å²) in [4.78, 5) is 53.0. The smallest absolute Gasteiger partial charge is 0.342 e. The number of likely N-dealkylation sites (tertiary alicyclic amines) is 1. The molecular formula is C37H49N3O10. The number of phenolic OH excluding ortho intramolecular Hbond substituents is 2. The Labute approximate surface area is 292 Å². The summed E-state index contributed by atoms with van der Waals surface area (Å²) in [5.74, 6) is -2.36. The minimum Gasteiger partial charge on any atom is -0.507 e. The molecule has 5 N–H and O–H groups in total. The van der Waals surface area contributed by atoms with E-state index in [2.05, 4.69) is 5.32 Å². The van der Waals surface area contributed by atoms with Gasteiger partial charge in [0, 0.05) is 49.9 Å². The molecule has 0 aromatic heterocycles. The molecule has 2 amide bonds. The number of primary amides is 1. The van der Waals surface area contributed by atoms with E-state index in [0.717, 1.165) is 0 Å². The van der Waals surface area contributed by atoms with Gasteiger partial charge in [0.1, 0.15) is 22.8 Å². The molecule has 13 nitrogen and oxygen atoms in total. The molecule has 0 radical (unpaired) electrons. The number of ketones is 1. The van der Waals surface area contributed by atoms with Crippen LogP contribution in [0.5, 0.6) is 28.7 Å². The maximum atomic E-state index is 13.7. The van der Waals surface area contributed by atoms with Gasteiger partial charge in [0.15, 0.2) is 11.5 Å². The summed E-state index contributed by atoms with van der Waals surface area (Å²) in [6, 6.07) is 4.47. The van der Waals surface area contributed by atoms with E-state index in [-0.39, 0.29) is 53.1 Å². The van der Waals surface area contributed by atoms with Crippen molar-refractivity contribution in [1.82, 2.24) is 10.2 Å². The molecule has 0 saturated carbocycles. The third-order valence-electron chi connectivity index (χ3n) is 9.21. The first-order valence-electron chi connectivity index (χ1n) is 17.0. The zero-order valence-corrected chi connectivity index (χ0v) is 29.3. The van der Waals surface area contributed by atoms with E-state index >= 15 is 0 Å². The lowest BCUT2D eigenvalue weighted by atomic mass is 9.84. The van der Waals surface area contributed by atoms with Crippen LogP contribution in [-0.2, 0) is 19.1 Å². The largest absolute Gasteiger partial charge is 0.507 e. The highest BCUT2D eigenvalue weighted by atomic mass is 16.5. The number of piperidine rings is 1. The fourth-order valence-corrected chi connectivity index (χ4v) is 6.64. The van der Waals surface area contributed by atoms with Crippen LogP contribution in [0.25, 0.3) is 6.08 Å². The summed E-state index contributed by atoms with van der Waals surface area (Å²) in [6.45, 7) is 3.04. The SMILES string of the molecule is COc1cc(C(CC(=O)NC2CCN(CC(N)=O)CC2)c2c(O)cc3c(c2O)C(=O)O[C@@H](C)CCCC(=O)CCC/C=C/3)cc(OC)c1OC. The second-order valence-corrected chi connectivity index (χ2v) is 12.9. The number of aromatic hydroxyl groups is 2. The number of esters is 1. The van der Waals surface area contributed by atoms with Gasteiger partial charge in [0.2, 0.25) is 17.6 Å². The highest BCUT2D eigenvalue weighted by molar-refractivity contribution is 5.98. The number of hydrogen-bond acceptors (Lipinski definition) is 11. The molecule has 0 aliphatic carbocycles. The predicted octanol–water partition coefficient (Wildman–Crippen LogP) is 4.19. The quantitative estimate of drug-likeness (QED) is 0.261. The highest BCUT2D eigenvalue weighted by Crippen LogP contribution is 2.47. The van der Waals surface area contributed by atoms with Gasteiger partial charge in [-0.05, 0) is 74.8 Å². The maximum Gasteiger partial charge on any atom is 0.342 e. The first-order chi connectivity index (χ1) is 23.9. The molecule has 272 valence electrons. The summed E-state index contributed by atoms with van der Waals surface area (Å²) in [6.07, 6.45) is 6.88. The lowest BCUT2D eigenvalue weighted by molar-refractivity contribution is -0.123. The molecule has 2 heterocycles. The van der Waals surface area contributed by atoms with Crippen molar-refractivity contribution in [2.75, 3.05) is 41.0 Å². The number of amides is 2. The van der Waals surface area contributed by atoms with Crippen LogP contribution in [0.15, 0.2) is 24.3 Å². The van der Waals surface area contributed by atoms with Crippen LogP contribution in [0.3, 0.4) is 0 Å². The summed E-state index contributed by atoms with van der Waals surface area (Å²) in [7, 11) is 4.37. The Bertz CT molecular complexity index is 1560. The van der Waals surface area contributed by atoms with Crippen LogP contribution in [0.2, 0.25) is 0 Å². The van der Waals surface area contributed by atoms with E-state index < -0.39 is 29.6 Å². The number of allylic oxidation sites excluding steroid dienone is 1. The van der Waals surface area contributed by atoms with Gasteiger partial charge in [0.25, 0.3) is 0 Å². The number of fused-ring (bicyclic) bond motifs is 1. The Morgan fingerprint density at radius 1 is 1.00 bits per heavy atom. The zero-order valence-electron chi connectivity index (χ0n) is 29.3. The summed E-state index contributed by atoms with van der Waals surface area (Å²) < 4.78 is 22.4. The number of phenols is 2. The number of ether oxygens (including phenoxy) is 4. The first-order valence-corrected chi connectivity index (χ1v) is 17.0. The van der Waals surface area contributed by atoms with Crippen molar-refractivity contribution in [2.24, 2.45) is 5.73 Å². The van der Waals surface area contributed by atoms with Crippen molar-refractivity contribution in [3.8, 4) is 28.7 Å². The van der Waals surface area contributed by atoms with Crippen LogP contribution in [0.1, 0.15) is 97.7 Å². The molecule has 4 rings (SSSR count). The molecular weight excluding hydrogens is 646 g/mol. The monoisotopic (exact) mass is 695 g/mol. The van der Waals surface area contributed by atoms with Crippen LogP contribution < -0.4 is 25.3 Å². The van der Waals surface area contributed by atoms with Crippen molar-refractivity contribution >= 4 is 29.6 Å². The molecule has 2 aromatic rings. The number of rotatable bonds is 10. The standard InChI is InChI=1S/C37H49N3O10/c1-22-9-8-12-26(41)11-7-5-6-10-23-17-28(42)34(35(45)33(23)37(46)50-22)27(24-18-29(47-2)36(49-4)30(19-24)48-3)20-32(44)39-25-13-15-40(16-14-25)21-31(38)43/h6,10,17-19,22,25,27,42,45H,5,7-9,11-16,20-21H2,1-4H3,(H2,38,43)(H,39,44)/b10-6+/t22-,27?/m0/s1. The summed E-state index contributed by atoms with van der Waals surface area (Å²) >= 11 is 0. The van der Waals surface area contributed by atoms with Crippen LogP contribution in [-0.4, -0.2) is 91.8 Å². The Morgan fingerprint density at radius 3 is 2.28 bits per heavy atom. The number of nitrogens with one attached hydrogen (secondary N) is 1. The molecule has 2 aliphatic heterocycles. The molecule has 50 heavy (non-hydrogen) atoms. The average molecular weight is 696 g/mol. The number of nitrogens with two attached hydrogens (primary N) is 1. The van der Waals surface area contributed by atoms with E-state index in [1.807, 2.05) is 4.90 Å². The van der Waals surface area contributed by atoms with Gasteiger partial charge >= 0.3 is 5.97 Å². The number of methoxy groups -OCH3 is 3. The normalized spacial score (nSPS) is 19.3. The van der Waals surface area contributed by atoms with Crippen molar-refractivity contribution in [2.45, 2.75) is 82.8 Å². The van der Waals surface area contributed by atoms with Gasteiger partial charge in [0.05, 0.1) is 34.0 Å². The summed E-state index contributed by atoms with van der Waals surface area (Å²) in [5.41, 5.74) is 5.83. The highest BCUT2D eigenvalue weighted by Gasteiger charge is 2.33. The minimum absolute atomic E-state index is 0.0471. The van der Waals surface area contributed by atoms with Crippen molar-refractivity contribution in [3.63, 3.8) is 0 Å². The number of hydrogen-bond donors (Lipinski definition) is 4. The molecule has 0 spiro atoms. The molecule has 13 heteroatoms. The predicted molar refractivity (Wildman–Crippen MR) is 186 cm³/mol. The Kier molecular flexibility index (Phi) is 13.5. The first kappa shape index (κ1) is 38.0. The maximum absolute atomic E-state index is 13.7. The Hall–Kier alpha value is -4.78. The number of benzene rings is 2. The Balaban J connectivity index is 1.78. The molecule has 2 aromatic carbocycles. The van der Waals surface area contributed by atoms with Gasteiger partial charge < -0.3 is 40.2 Å². The Morgan fingerprint density at radius 2 is 1.66 bits per heavy atom. The van der Waals surface area contributed by atoms with Gasteiger partial charge in [-0.15, -0.1) is 0 Å². The molecule has 2 aliphatic rings. The molecule has 1 fully saturated rings. The van der Waals surface area contributed by atoms with E-state index in [0.29, 0.717) is 87.3 Å². The van der Waals surface area contributed by atoms with Crippen LogP contribution in [0, 0.1) is 0 Å². The zero-order chi connectivity index (χ0) is 36.4.